The van der Waals surface area contributed by atoms with E-state index >= 15 is 0 Å². The average Bonchev–Trinajstić information content (AvgIpc) is 2.41. The molecule has 5 nitrogen and oxygen atoms in total. The third-order valence-corrected chi connectivity index (χ3v) is 3.99. The lowest BCUT2D eigenvalue weighted by atomic mass is 10.1. The zero-order valence-corrected chi connectivity index (χ0v) is 14.1. The van der Waals surface area contributed by atoms with E-state index in [0.29, 0.717) is 0 Å². The molecular weight excluding hydrogens is 290 g/mol. The molecule has 1 amide bonds. The van der Waals surface area contributed by atoms with E-state index in [1.54, 1.807) is 0 Å². The Labute approximate surface area is 129 Å². The van der Waals surface area contributed by atoms with Crippen LogP contribution in [-0.4, -0.2) is 43.1 Å². The number of amides is 1. The van der Waals surface area contributed by atoms with Gasteiger partial charge in [0, 0.05) is 13.6 Å². The molecule has 0 radical (unpaired) electrons. The molecule has 0 aliphatic carbocycles. The Morgan fingerprint density at radius 2 is 1.67 bits per heavy atom. The first-order chi connectivity index (χ1) is 9.87. The van der Waals surface area contributed by atoms with Crippen LogP contribution in [0.25, 0.3) is 0 Å². The van der Waals surface area contributed by atoms with E-state index in [-0.39, 0.29) is 12.5 Å². The van der Waals surface area contributed by atoms with Crippen LogP contribution in [0.4, 0.5) is 0 Å². The van der Waals surface area contributed by atoms with Gasteiger partial charge in [0.25, 0.3) is 10.1 Å². The van der Waals surface area contributed by atoms with Gasteiger partial charge in [-0.15, -0.1) is 0 Å². The number of rotatable bonds is 12. The normalized spacial score (nSPS) is 12.0. The van der Waals surface area contributed by atoms with E-state index in [0.717, 1.165) is 12.8 Å². The molecule has 0 aromatic heterocycles. The van der Waals surface area contributed by atoms with Gasteiger partial charge in [0.2, 0.25) is 5.91 Å². The molecule has 1 N–H and O–H groups in total. The van der Waals surface area contributed by atoms with Gasteiger partial charge in [-0.1, -0.05) is 51.5 Å². The van der Waals surface area contributed by atoms with Crippen LogP contribution in [0, 0.1) is 0 Å². The van der Waals surface area contributed by atoms with Crippen molar-refractivity contribution in [1.82, 2.24) is 4.90 Å². The number of carbonyl (C=O) groups is 1. The minimum absolute atomic E-state index is 0.000560. The van der Waals surface area contributed by atoms with Crippen molar-refractivity contribution in [2.24, 2.45) is 0 Å². The van der Waals surface area contributed by atoms with Crippen molar-refractivity contribution in [2.45, 2.75) is 58.3 Å². The number of nitrogens with zero attached hydrogens (tertiary/aromatic N) is 1. The second kappa shape index (κ2) is 11.7. The third-order valence-electron chi connectivity index (χ3n) is 3.30. The summed E-state index contributed by atoms with van der Waals surface area (Å²) in [7, 11) is -2.49. The quantitative estimate of drug-likeness (QED) is 0.341. The Hall–Kier alpha value is -0.880. The SMILES string of the molecule is CCCCCCCCC/C=C/C(=O)N(C)CCS(=O)(=O)O. The lowest BCUT2D eigenvalue weighted by Crippen LogP contribution is -2.30. The summed E-state index contributed by atoms with van der Waals surface area (Å²) in [5.41, 5.74) is 0. The van der Waals surface area contributed by atoms with Crippen LogP contribution in [0.15, 0.2) is 12.2 Å². The highest BCUT2D eigenvalue weighted by atomic mass is 32.2. The summed E-state index contributed by atoms with van der Waals surface area (Å²) in [5.74, 6) is -0.664. The Morgan fingerprint density at radius 1 is 1.10 bits per heavy atom. The molecule has 0 saturated heterocycles. The van der Waals surface area contributed by atoms with Gasteiger partial charge in [-0.2, -0.15) is 8.42 Å². The number of hydrogen-bond acceptors (Lipinski definition) is 3. The first kappa shape index (κ1) is 20.1. The van der Waals surface area contributed by atoms with E-state index in [9.17, 15) is 13.2 Å². The maximum absolute atomic E-state index is 11.6. The predicted molar refractivity (Wildman–Crippen MR) is 85.8 cm³/mol. The maximum atomic E-state index is 11.6. The van der Waals surface area contributed by atoms with Crippen molar-refractivity contribution >= 4 is 16.0 Å². The van der Waals surface area contributed by atoms with E-state index in [1.807, 2.05) is 6.08 Å². The molecule has 6 heteroatoms. The van der Waals surface area contributed by atoms with E-state index in [4.69, 9.17) is 4.55 Å². The Morgan fingerprint density at radius 3 is 2.24 bits per heavy atom. The Kier molecular flexibility index (Phi) is 11.3. The second-order valence-electron chi connectivity index (χ2n) is 5.36. The molecule has 0 bridgehead atoms. The summed E-state index contributed by atoms with van der Waals surface area (Å²) < 4.78 is 29.8. The van der Waals surface area contributed by atoms with Crippen molar-refractivity contribution in [1.29, 1.82) is 0 Å². The molecule has 0 aromatic rings. The Bertz CT molecular complexity index is 404. The molecule has 0 rings (SSSR count). The van der Waals surface area contributed by atoms with Gasteiger partial charge < -0.3 is 4.90 Å². The standard InChI is InChI=1S/C15H29NO4S/c1-3-4-5-6-7-8-9-10-11-12-15(17)16(2)13-14-21(18,19)20/h11-12H,3-10,13-14H2,1-2H3,(H,18,19,20)/b12-11+. The summed E-state index contributed by atoms with van der Waals surface area (Å²) in [6.07, 6.45) is 12.8. The maximum Gasteiger partial charge on any atom is 0.266 e. The van der Waals surface area contributed by atoms with Crippen molar-refractivity contribution in [2.75, 3.05) is 19.3 Å². The molecule has 0 aliphatic heterocycles. The predicted octanol–water partition coefficient (Wildman–Crippen LogP) is 3.03. The lowest BCUT2D eigenvalue weighted by Gasteiger charge is -2.13. The number of likely N-dealkylation sites (N-methyl/N-ethyl adjacent to an activating group) is 1. The van der Waals surface area contributed by atoms with Crippen LogP contribution in [0.3, 0.4) is 0 Å². The first-order valence-electron chi connectivity index (χ1n) is 7.73. The van der Waals surface area contributed by atoms with Crippen LogP contribution in [-0.2, 0) is 14.9 Å². The van der Waals surface area contributed by atoms with Crippen LogP contribution in [0.5, 0.6) is 0 Å². The fourth-order valence-corrected chi connectivity index (χ4v) is 2.40. The molecule has 0 heterocycles. The summed E-state index contributed by atoms with van der Waals surface area (Å²) in [5, 5.41) is 0. The van der Waals surface area contributed by atoms with Crippen molar-refractivity contribution in [3.05, 3.63) is 12.2 Å². The molecule has 0 fully saturated rings. The first-order valence-corrected chi connectivity index (χ1v) is 9.34. The Balaban J connectivity index is 3.66. The highest BCUT2D eigenvalue weighted by Crippen LogP contribution is 2.08. The molecule has 0 aliphatic rings. The van der Waals surface area contributed by atoms with E-state index in [2.05, 4.69) is 6.92 Å². The van der Waals surface area contributed by atoms with Crippen molar-refractivity contribution < 1.29 is 17.8 Å². The van der Waals surface area contributed by atoms with Gasteiger partial charge in [0.05, 0.1) is 5.75 Å². The van der Waals surface area contributed by atoms with Crippen LogP contribution >= 0.6 is 0 Å². The second-order valence-corrected chi connectivity index (χ2v) is 6.93. The fourth-order valence-electron chi connectivity index (χ4n) is 1.89. The molecule has 21 heavy (non-hydrogen) atoms. The minimum Gasteiger partial charge on any atom is -0.341 e. The van der Waals surface area contributed by atoms with Gasteiger partial charge >= 0.3 is 0 Å². The number of allylic oxidation sites excluding steroid dienone is 1. The lowest BCUT2D eigenvalue weighted by molar-refractivity contribution is -0.124. The van der Waals surface area contributed by atoms with E-state index < -0.39 is 15.9 Å². The summed E-state index contributed by atoms with van der Waals surface area (Å²) in [4.78, 5) is 12.9. The zero-order valence-electron chi connectivity index (χ0n) is 13.3. The number of carbonyl (C=O) groups excluding carboxylic acids is 1. The van der Waals surface area contributed by atoms with E-state index in [1.165, 1.54) is 56.5 Å². The van der Waals surface area contributed by atoms with Gasteiger partial charge in [0.15, 0.2) is 0 Å². The molecule has 0 unspecified atom stereocenters. The van der Waals surface area contributed by atoms with Gasteiger partial charge in [-0.05, 0) is 18.9 Å². The monoisotopic (exact) mass is 319 g/mol. The third kappa shape index (κ3) is 13.8. The average molecular weight is 319 g/mol. The van der Waals surface area contributed by atoms with Crippen molar-refractivity contribution in [3.63, 3.8) is 0 Å². The highest BCUT2D eigenvalue weighted by Gasteiger charge is 2.09. The van der Waals surface area contributed by atoms with Crippen LogP contribution in [0.2, 0.25) is 0 Å². The molecule has 0 spiro atoms. The molecular formula is C15H29NO4S. The molecule has 0 atom stereocenters. The fraction of sp³-hybridized carbons (Fsp3) is 0.800. The highest BCUT2D eigenvalue weighted by molar-refractivity contribution is 7.85. The molecule has 0 saturated carbocycles. The topological polar surface area (TPSA) is 74.7 Å². The summed E-state index contributed by atoms with van der Waals surface area (Å²) >= 11 is 0. The van der Waals surface area contributed by atoms with Crippen LogP contribution < -0.4 is 0 Å². The number of hydrogen-bond donors (Lipinski definition) is 1. The summed E-state index contributed by atoms with van der Waals surface area (Å²) in [6, 6.07) is 0. The zero-order chi connectivity index (χ0) is 16.1. The summed E-state index contributed by atoms with van der Waals surface area (Å²) in [6.45, 7) is 2.20. The molecule has 124 valence electrons. The van der Waals surface area contributed by atoms with Crippen molar-refractivity contribution in [3.8, 4) is 0 Å². The smallest absolute Gasteiger partial charge is 0.266 e. The number of unbranched alkanes of at least 4 members (excludes halogenated alkanes) is 7. The molecule has 0 aromatic carbocycles. The van der Waals surface area contributed by atoms with Gasteiger partial charge in [0.1, 0.15) is 0 Å². The van der Waals surface area contributed by atoms with Gasteiger partial charge in [-0.25, -0.2) is 0 Å². The largest absolute Gasteiger partial charge is 0.341 e. The van der Waals surface area contributed by atoms with Gasteiger partial charge in [-0.3, -0.25) is 9.35 Å². The van der Waals surface area contributed by atoms with Crippen LogP contribution in [0.1, 0.15) is 58.3 Å². The minimum atomic E-state index is -4.01.